The number of aryl methyl sites for hydroxylation is 1. The first-order valence-electron chi connectivity index (χ1n) is 5.06. The molecule has 16 heavy (non-hydrogen) atoms. The van der Waals surface area contributed by atoms with Crippen molar-refractivity contribution in [1.82, 2.24) is 0 Å². The van der Waals surface area contributed by atoms with Gasteiger partial charge in [0.15, 0.2) is 5.78 Å². The molecule has 0 aliphatic rings. The first-order valence-corrected chi connectivity index (χ1v) is 6.80. The summed E-state index contributed by atoms with van der Waals surface area (Å²) in [5.74, 6) is 0.207. The molecule has 1 aromatic heterocycles. The zero-order chi connectivity index (χ0) is 11.4. The molecule has 0 radical (unpaired) electrons. The number of ketones is 1. The molecule has 0 amide bonds. The number of hydrogen-bond donors (Lipinski definition) is 0. The van der Waals surface area contributed by atoms with E-state index in [1.165, 1.54) is 5.56 Å². The summed E-state index contributed by atoms with van der Waals surface area (Å²) >= 11 is 5.13. The van der Waals surface area contributed by atoms with Gasteiger partial charge >= 0.3 is 0 Å². The van der Waals surface area contributed by atoms with Crippen LogP contribution in [-0.4, -0.2) is 5.78 Å². The molecule has 0 fully saturated rings. The van der Waals surface area contributed by atoms with Crippen LogP contribution >= 0.6 is 27.3 Å². The summed E-state index contributed by atoms with van der Waals surface area (Å²) in [6.07, 6.45) is 1.37. The fourth-order valence-electron chi connectivity index (χ4n) is 1.50. The molecule has 1 heterocycles. The zero-order valence-corrected chi connectivity index (χ0v) is 11.1. The minimum Gasteiger partial charge on any atom is -0.294 e. The fourth-order valence-corrected chi connectivity index (χ4v) is 3.04. The molecule has 0 saturated heterocycles. The smallest absolute Gasteiger partial charge is 0.163 e. The van der Waals surface area contributed by atoms with E-state index in [0.717, 1.165) is 16.5 Å². The molecule has 1 aromatic carbocycles. The lowest BCUT2D eigenvalue weighted by molar-refractivity contribution is 0.0983. The van der Waals surface area contributed by atoms with Crippen LogP contribution in [0.1, 0.15) is 22.3 Å². The van der Waals surface area contributed by atoms with Crippen molar-refractivity contribution in [2.75, 3.05) is 0 Å². The maximum Gasteiger partial charge on any atom is 0.163 e. The average Bonchev–Trinajstić information content (AvgIpc) is 2.73. The summed E-state index contributed by atoms with van der Waals surface area (Å²) in [6.45, 7) is 0. The molecule has 0 aliphatic carbocycles. The number of rotatable bonds is 4. The van der Waals surface area contributed by atoms with Crippen molar-refractivity contribution in [2.45, 2.75) is 12.8 Å². The van der Waals surface area contributed by atoms with Crippen molar-refractivity contribution in [3.63, 3.8) is 0 Å². The van der Waals surface area contributed by atoms with Crippen LogP contribution in [0.15, 0.2) is 45.6 Å². The number of benzene rings is 1. The Morgan fingerprint density at radius 1 is 1.19 bits per heavy atom. The van der Waals surface area contributed by atoms with Gasteiger partial charge in [0.05, 0.1) is 0 Å². The molecule has 0 spiro atoms. The highest BCUT2D eigenvalue weighted by Crippen LogP contribution is 2.23. The predicted octanol–water partition coefficient (Wildman–Crippen LogP) is 4.33. The molecule has 0 atom stereocenters. The van der Waals surface area contributed by atoms with Gasteiger partial charge in [0, 0.05) is 21.8 Å². The standard InChI is InChI=1S/C13H11BrOS/c14-12-9-16-8-11(12)6-7-13(15)10-4-2-1-3-5-10/h1-5,8-9H,6-7H2. The summed E-state index contributed by atoms with van der Waals surface area (Å²) in [6, 6.07) is 9.45. The maximum absolute atomic E-state index is 11.8. The molecular formula is C13H11BrOS. The van der Waals surface area contributed by atoms with Crippen LogP contribution < -0.4 is 0 Å². The Bertz CT molecular complexity index is 476. The molecule has 1 nitrogen and oxygen atoms in total. The van der Waals surface area contributed by atoms with Gasteiger partial charge in [0.1, 0.15) is 0 Å². The van der Waals surface area contributed by atoms with Gasteiger partial charge in [-0.3, -0.25) is 4.79 Å². The fraction of sp³-hybridized carbons (Fsp3) is 0.154. The lowest BCUT2D eigenvalue weighted by atomic mass is 10.0. The highest BCUT2D eigenvalue weighted by Gasteiger charge is 2.07. The molecule has 2 rings (SSSR count). The summed E-state index contributed by atoms with van der Waals surface area (Å²) < 4.78 is 1.11. The van der Waals surface area contributed by atoms with Gasteiger partial charge in [0.25, 0.3) is 0 Å². The van der Waals surface area contributed by atoms with Gasteiger partial charge in [-0.05, 0) is 33.3 Å². The van der Waals surface area contributed by atoms with Crippen LogP contribution in [0.2, 0.25) is 0 Å². The zero-order valence-electron chi connectivity index (χ0n) is 8.65. The van der Waals surface area contributed by atoms with Crippen molar-refractivity contribution in [1.29, 1.82) is 0 Å². The van der Waals surface area contributed by atoms with Gasteiger partial charge in [-0.25, -0.2) is 0 Å². The van der Waals surface area contributed by atoms with Crippen molar-refractivity contribution in [2.24, 2.45) is 0 Å². The quantitative estimate of drug-likeness (QED) is 0.767. The monoisotopic (exact) mass is 294 g/mol. The Kier molecular flexibility index (Phi) is 3.91. The number of carbonyl (C=O) groups is 1. The Morgan fingerprint density at radius 2 is 1.94 bits per heavy atom. The second-order valence-electron chi connectivity index (χ2n) is 3.53. The van der Waals surface area contributed by atoms with E-state index in [4.69, 9.17) is 0 Å². The largest absolute Gasteiger partial charge is 0.294 e. The minimum atomic E-state index is 0.207. The van der Waals surface area contributed by atoms with Crippen LogP contribution in [-0.2, 0) is 6.42 Å². The highest BCUT2D eigenvalue weighted by atomic mass is 79.9. The molecule has 82 valence electrons. The summed E-state index contributed by atoms with van der Waals surface area (Å²) in [4.78, 5) is 11.8. The van der Waals surface area contributed by atoms with Crippen LogP contribution in [0.25, 0.3) is 0 Å². The molecule has 2 aromatic rings. The van der Waals surface area contributed by atoms with E-state index in [0.29, 0.717) is 6.42 Å². The van der Waals surface area contributed by atoms with Gasteiger partial charge in [-0.1, -0.05) is 30.3 Å². The average molecular weight is 295 g/mol. The van der Waals surface area contributed by atoms with E-state index in [1.54, 1.807) is 11.3 Å². The number of thiophene rings is 1. The third-order valence-corrected chi connectivity index (χ3v) is 4.24. The van der Waals surface area contributed by atoms with Crippen molar-refractivity contribution < 1.29 is 4.79 Å². The molecular weight excluding hydrogens is 284 g/mol. The Hall–Kier alpha value is -0.930. The molecule has 0 saturated carbocycles. The number of Topliss-reactive ketones (excluding diaryl/α,β-unsaturated/α-hetero) is 1. The van der Waals surface area contributed by atoms with E-state index in [9.17, 15) is 4.79 Å². The van der Waals surface area contributed by atoms with Crippen LogP contribution in [0.4, 0.5) is 0 Å². The number of halogens is 1. The number of carbonyl (C=O) groups excluding carboxylic acids is 1. The second kappa shape index (κ2) is 5.41. The molecule has 3 heteroatoms. The lowest BCUT2D eigenvalue weighted by Crippen LogP contribution is -2.00. The van der Waals surface area contributed by atoms with Gasteiger partial charge < -0.3 is 0 Å². The van der Waals surface area contributed by atoms with Gasteiger partial charge in [-0.2, -0.15) is 11.3 Å². The van der Waals surface area contributed by atoms with E-state index in [2.05, 4.69) is 21.3 Å². The van der Waals surface area contributed by atoms with Crippen LogP contribution in [0.3, 0.4) is 0 Å². The molecule has 0 aliphatic heterocycles. The van der Waals surface area contributed by atoms with E-state index < -0.39 is 0 Å². The first-order chi connectivity index (χ1) is 7.77. The lowest BCUT2D eigenvalue weighted by Gasteiger charge is -2.00. The predicted molar refractivity (Wildman–Crippen MR) is 71.1 cm³/mol. The minimum absolute atomic E-state index is 0.207. The topological polar surface area (TPSA) is 17.1 Å². The molecule has 0 bridgehead atoms. The summed E-state index contributed by atoms with van der Waals surface area (Å²) in [5.41, 5.74) is 2.02. The maximum atomic E-state index is 11.8. The van der Waals surface area contributed by atoms with E-state index in [1.807, 2.05) is 35.7 Å². The highest BCUT2D eigenvalue weighted by molar-refractivity contribution is 9.10. The van der Waals surface area contributed by atoms with Crippen molar-refractivity contribution in [3.05, 3.63) is 56.7 Å². The summed E-state index contributed by atoms with van der Waals surface area (Å²) in [5, 5.41) is 4.13. The van der Waals surface area contributed by atoms with Gasteiger partial charge in [0.2, 0.25) is 0 Å². The third kappa shape index (κ3) is 2.80. The Balaban J connectivity index is 1.97. The number of hydrogen-bond acceptors (Lipinski definition) is 2. The Morgan fingerprint density at radius 3 is 2.56 bits per heavy atom. The van der Waals surface area contributed by atoms with Crippen LogP contribution in [0.5, 0.6) is 0 Å². The van der Waals surface area contributed by atoms with E-state index >= 15 is 0 Å². The first kappa shape index (κ1) is 11.6. The van der Waals surface area contributed by atoms with Crippen LogP contribution in [0, 0.1) is 0 Å². The molecule has 0 unspecified atom stereocenters. The van der Waals surface area contributed by atoms with E-state index in [-0.39, 0.29) is 5.78 Å². The van der Waals surface area contributed by atoms with Crippen molar-refractivity contribution in [3.8, 4) is 0 Å². The normalized spacial score (nSPS) is 10.3. The van der Waals surface area contributed by atoms with Gasteiger partial charge in [-0.15, -0.1) is 0 Å². The SMILES string of the molecule is O=C(CCc1cscc1Br)c1ccccc1. The second-order valence-corrected chi connectivity index (χ2v) is 5.13. The molecule has 0 N–H and O–H groups in total. The third-order valence-electron chi connectivity index (χ3n) is 2.41. The Labute approximate surface area is 107 Å². The summed E-state index contributed by atoms with van der Waals surface area (Å²) in [7, 11) is 0. The van der Waals surface area contributed by atoms with Crippen molar-refractivity contribution >= 4 is 33.0 Å².